The molecule has 8 heteroatoms. The monoisotopic (exact) mass is 482 g/mol. The Kier molecular flexibility index (Phi) is 7.50. The molecule has 1 fully saturated rings. The molecule has 0 radical (unpaired) electrons. The lowest BCUT2D eigenvalue weighted by atomic mass is 10.0. The van der Waals surface area contributed by atoms with Crippen molar-refractivity contribution in [3.05, 3.63) is 90.2 Å². The molecule has 1 atom stereocenters. The Bertz CT molecular complexity index is 1160. The fourth-order valence-electron chi connectivity index (χ4n) is 4.27. The number of hydrogen-bond acceptors (Lipinski definition) is 5. The van der Waals surface area contributed by atoms with E-state index in [2.05, 4.69) is 38.8 Å². The number of hydrogen-bond donors (Lipinski definition) is 1. The Morgan fingerprint density at radius 2 is 1.50 bits per heavy atom. The molecule has 34 heavy (non-hydrogen) atoms. The molecule has 0 aliphatic carbocycles. The third-order valence-electron chi connectivity index (χ3n) is 6.26. The normalized spacial score (nSPS) is 15.8. The zero-order chi connectivity index (χ0) is 24.1. The molecule has 3 aromatic rings. The number of anilines is 2. The minimum Gasteiger partial charge on any atom is -0.378 e. The topological polar surface area (TPSA) is 55.9 Å². The van der Waals surface area contributed by atoms with Gasteiger partial charge in [0.05, 0.1) is 4.90 Å². The summed E-state index contributed by atoms with van der Waals surface area (Å²) in [6.07, 6.45) is 0. The van der Waals surface area contributed by atoms with E-state index in [0.717, 1.165) is 43.1 Å². The van der Waals surface area contributed by atoms with Crippen LogP contribution in [-0.2, 0) is 10.0 Å². The van der Waals surface area contributed by atoms with E-state index in [4.69, 9.17) is 0 Å². The summed E-state index contributed by atoms with van der Waals surface area (Å²) in [6, 6.07) is 23.2. The summed E-state index contributed by atoms with van der Waals surface area (Å²) < 4.78 is 41.9. The summed E-state index contributed by atoms with van der Waals surface area (Å²) in [5.74, 6) is -0.241. The van der Waals surface area contributed by atoms with Crippen LogP contribution in [0.4, 0.5) is 15.8 Å². The van der Waals surface area contributed by atoms with Crippen molar-refractivity contribution < 1.29 is 12.8 Å². The van der Waals surface area contributed by atoms with E-state index >= 15 is 0 Å². The van der Waals surface area contributed by atoms with Crippen LogP contribution < -0.4 is 14.5 Å². The molecule has 0 saturated carbocycles. The maximum atomic E-state index is 13.3. The van der Waals surface area contributed by atoms with Crippen LogP contribution in [0.15, 0.2) is 83.8 Å². The first-order valence-electron chi connectivity index (χ1n) is 11.4. The zero-order valence-corrected chi connectivity index (χ0v) is 20.4. The van der Waals surface area contributed by atoms with Crippen molar-refractivity contribution in [2.45, 2.75) is 10.9 Å². The fraction of sp³-hybridized carbons (Fsp3) is 0.308. The number of nitrogens with zero attached hydrogens (tertiary/aromatic N) is 3. The second-order valence-electron chi connectivity index (χ2n) is 8.67. The summed E-state index contributed by atoms with van der Waals surface area (Å²) in [6.45, 7) is 3.37. The number of sulfonamides is 1. The fourth-order valence-corrected chi connectivity index (χ4v) is 5.33. The van der Waals surface area contributed by atoms with Gasteiger partial charge in [-0.1, -0.05) is 30.3 Å². The van der Waals surface area contributed by atoms with Gasteiger partial charge in [0.2, 0.25) is 10.0 Å². The quantitative estimate of drug-likeness (QED) is 0.530. The molecule has 0 unspecified atom stereocenters. The zero-order valence-electron chi connectivity index (χ0n) is 19.6. The lowest BCUT2D eigenvalue weighted by Gasteiger charge is -2.40. The number of piperazine rings is 1. The number of halogens is 1. The number of benzene rings is 3. The maximum Gasteiger partial charge on any atom is 0.240 e. The minimum atomic E-state index is -3.61. The van der Waals surface area contributed by atoms with Crippen LogP contribution in [-0.4, -0.2) is 60.1 Å². The maximum absolute atomic E-state index is 13.3. The van der Waals surface area contributed by atoms with E-state index in [1.54, 1.807) is 42.5 Å². The minimum absolute atomic E-state index is 0.106. The summed E-state index contributed by atoms with van der Waals surface area (Å²) >= 11 is 0. The molecule has 180 valence electrons. The van der Waals surface area contributed by atoms with Crippen molar-refractivity contribution in [3.8, 4) is 0 Å². The number of nitrogens with one attached hydrogen (secondary N) is 1. The lowest BCUT2D eigenvalue weighted by Crippen LogP contribution is -2.49. The average Bonchev–Trinajstić information content (AvgIpc) is 2.86. The standard InChI is InChI=1S/C26H31FN4O2S/c1-29(2)23-12-8-21(9-13-23)26(20-28-34(32,33)25-6-4-3-5-7-25)31-18-16-30(17-19-31)24-14-10-22(27)11-15-24/h3-15,26,28H,16-20H2,1-2H3/t26-/m0/s1. The van der Waals surface area contributed by atoms with E-state index < -0.39 is 10.0 Å². The van der Waals surface area contributed by atoms with Gasteiger partial charge >= 0.3 is 0 Å². The van der Waals surface area contributed by atoms with Crippen LogP contribution in [0.25, 0.3) is 0 Å². The SMILES string of the molecule is CN(C)c1ccc([C@H](CNS(=O)(=O)c2ccccc2)N2CCN(c3ccc(F)cc3)CC2)cc1. The Morgan fingerprint density at radius 3 is 2.09 bits per heavy atom. The predicted octanol–water partition coefficient (Wildman–Crippen LogP) is 3.73. The average molecular weight is 483 g/mol. The second kappa shape index (κ2) is 10.5. The Balaban J connectivity index is 1.51. The van der Waals surface area contributed by atoms with Gasteiger partial charge in [-0.2, -0.15) is 0 Å². The van der Waals surface area contributed by atoms with Crippen molar-refractivity contribution in [2.24, 2.45) is 0 Å². The molecule has 1 aliphatic rings. The highest BCUT2D eigenvalue weighted by molar-refractivity contribution is 7.89. The van der Waals surface area contributed by atoms with Crippen molar-refractivity contribution in [3.63, 3.8) is 0 Å². The Labute approximate surface area is 201 Å². The van der Waals surface area contributed by atoms with Gasteiger partial charge in [-0.15, -0.1) is 0 Å². The van der Waals surface area contributed by atoms with Gasteiger partial charge in [0.15, 0.2) is 0 Å². The van der Waals surface area contributed by atoms with Crippen LogP contribution in [0.5, 0.6) is 0 Å². The summed E-state index contributed by atoms with van der Waals surface area (Å²) in [5.41, 5.74) is 3.16. The molecule has 4 rings (SSSR count). The molecule has 1 saturated heterocycles. The second-order valence-corrected chi connectivity index (χ2v) is 10.4. The third-order valence-corrected chi connectivity index (χ3v) is 7.70. The molecular weight excluding hydrogens is 451 g/mol. The summed E-state index contributed by atoms with van der Waals surface area (Å²) in [5, 5.41) is 0. The van der Waals surface area contributed by atoms with Gasteiger partial charge in [0.1, 0.15) is 5.82 Å². The summed E-state index contributed by atoms with van der Waals surface area (Å²) in [7, 11) is 0.378. The van der Waals surface area contributed by atoms with Crippen LogP contribution in [0.2, 0.25) is 0 Å². The van der Waals surface area contributed by atoms with E-state index in [1.165, 1.54) is 12.1 Å². The highest BCUT2D eigenvalue weighted by Crippen LogP contribution is 2.26. The van der Waals surface area contributed by atoms with Gasteiger partial charge in [-0.05, 0) is 54.1 Å². The molecule has 0 bridgehead atoms. The highest BCUT2D eigenvalue weighted by Gasteiger charge is 2.27. The van der Waals surface area contributed by atoms with Gasteiger partial charge in [0.25, 0.3) is 0 Å². The van der Waals surface area contributed by atoms with Gasteiger partial charge in [-0.25, -0.2) is 17.5 Å². The van der Waals surface area contributed by atoms with Gasteiger partial charge in [-0.3, -0.25) is 4.90 Å². The molecule has 6 nitrogen and oxygen atoms in total. The van der Waals surface area contributed by atoms with Crippen LogP contribution in [0, 0.1) is 5.82 Å². The predicted molar refractivity (Wildman–Crippen MR) is 135 cm³/mol. The third kappa shape index (κ3) is 5.75. The first-order chi connectivity index (χ1) is 16.3. The first kappa shape index (κ1) is 24.2. The van der Waals surface area contributed by atoms with Gasteiger partial charge < -0.3 is 9.80 Å². The molecule has 1 heterocycles. The molecule has 3 aromatic carbocycles. The van der Waals surface area contributed by atoms with E-state index in [1.807, 2.05) is 19.0 Å². The molecular formula is C26H31FN4O2S. The largest absolute Gasteiger partial charge is 0.378 e. The molecule has 1 N–H and O–H groups in total. The van der Waals surface area contributed by atoms with E-state index in [0.29, 0.717) is 0 Å². The van der Waals surface area contributed by atoms with Crippen molar-refractivity contribution >= 4 is 21.4 Å². The van der Waals surface area contributed by atoms with Crippen LogP contribution in [0.3, 0.4) is 0 Å². The smallest absolute Gasteiger partial charge is 0.240 e. The Hall–Kier alpha value is -2.94. The van der Waals surface area contributed by atoms with Gasteiger partial charge in [0, 0.05) is 64.2 Å². The summed E-state index contributed by atoms with van der Waals surface area (Å²) in [4.78, 5) is 6.85. The van der Waals surface area contributed by atoms with Crippen molar-refractivity contribution in [1.82, 2.24) is 9.62 Å². The molecule has 0 spiro atoms. The highest BCUT2D eigenvalue weighted by atomic mass is 32.2. The lowest BCUT2D eigenvalue weighted by molar-refractivity contribution is 0.187. The first-order valence-corrected chi connectivity index (χ1v) is 12.9. The Morgan fingerprint density at radius 1 is 0.882 bits per heavy atom. The van der Waals surface area contributed by atoms with Crippen LogP contribution in [0.1, 0.15) is 11.6 Å². The van der Waals surface area contributed by atoms with E-state index in [9.17, 15) is 12.8 Å². The van der Waals surface area contributed by atoms with Crippen molar-refractivity contribution in [2.75, 3.05) is 56.6 Å². The van der Waals surface area contributed by atoms with E-state index in [-0.39, 0.29) is 23.3 Å². The molecule has 0 amide bonds. The van der Waals surface area contributed by atoms with Crippen LogP contribution >= 0.6 is 0 Å². The number of rotatable bonds is 8. The van der Waals surface area contributed by atoms with Crippen molar-refractivity contribution in [1.29, 1.82) is 0 Å². The molecule has 1 aliphatic heterocycles. The molecule has 0 aromatic heterocycles.